The first-order valence-electron chi connectivity index (χ1n) is 12.2. The van der Waals surface area contributed by atoms with Crippen molar-refractivity contribution in [3.05, 3.63) is 66.1 Å². The Balaban J connectivity index is 1.47. The largest absolute Gasteiger partial charge is 0.398 e. The second kappa shape index (κ2) is 11.7. The lowest BCUT2D eigenvalue weighted by atomic mass is 9.99. The zero-order valence-corrected chi connectivity index (χ0v) is 20.8. The SMILES string of the molecule is CCCN(C)c1ccc(NC(=O)C(=N)c2cc(-c3cncc(CN4CCOCC4)c3)ccc2N)cn1. The van der Waals surface area contributed by atoms with Crippen LogP contribution in [0.25, 0.3) is 11.1 Å². The molecular weight excluding hydrogens is 454 g/mol. The highest BCUT2D eigenvalue weighted by atomic mass is 16.5. The Hall–Kier alpha value is -3.82. The van der Waals surface area contributed by atoms with Crippen LogP contribution in [0.4, 0.5) is 17.2 Å². The number of nitrogens with two attached hydrogens (primary N) is 1. The highest BCUT2D eigenvalue weighted by Gasteiger charge is 2.17. The Morgan fingerprint density at radius 1 is 1.14 bits per heavy atom. The summed E-state index contributed by atoms with van der Waals surface area (Å²) in [6.45, 7) is 7.09. The van der Waals surface area contributed by atoms with E-state index in [4.69, 9.17) is 15.9 Å². The fourth-order valence-electron chi connectivity index (χ4n) is 4.15. The molecule has 0 aliphatic carbocycles. The average Bonchev–Trinajstić information content (AvgIpc) is 2.90. The highest BCUT2D eigenvalue weighted by Crippen LogP contribution is 2.25. The summed E-state index contributed by atoms with van der Waals surface area (Å²) < 4.78 is 5.43. The number of morpholine rings is 1. The third-order valence-electron chi connectivity index (χ3n) is 6.14. The van der Waals surface area contributed by atoms with Crippen molar-refractivity contribution >= 4 is 28.8 Å². The monoisotopic (exact) mass is 487 g/mol. The molecule has 0 saturated carbocycles. The van der Waals surface area contributed by atoms with Crippen LogP contribution in [0.3, 0.4) is 0 Å². The number of nitrogens with zero attached hydrogens (tertiary/aromatic N) is 4. The lowest BCUT2D eigenvalue weighted by Gasteiger charge is -2.26. The third-order valence-corrected chi connectivity index (χ3v) is 6.14. The van der Waals surface area contributed by atoms with E-state index in [1.807, 2.05) is 30.3 Å². The predicted octanol–water partition coefficient (Wildman–Crippen LogP) is 3.41. The van der Waals surface area contributed by atoms with Crippen LogP contribution in [0.1, 0.15) is 24.5 Å². The number of pyridine rings is 2. The van der Waals surface area contributed by atoms with E-state index in [1.54, 1.807) is 30.6 Å². The number of hydrogen-bond acceptors (Lipinski definition) is 8. The van der Waals surface area contributed by atoms with Crippen LogP contribution in [-0.4, -0.2) is 66.4 Å². The van der Waals surface area contributed by atoms with E-state index < -0.39 is 5.91 Å². The molecule has 1 fully saturated rings. The minimum absolute atomic E-state index is 0.209. The lowest BCUT2D eigenvalue weighted by Crippen LogP contribution is -2.35. The molecule has 1 aromatic carbocycles. The van der Waals surface area contributed by atoms with E-state index in [2.05, 4.69) is 33.2 Å². The van der Waals surface area contributed by atoms with Crippen LogP contribution in [0, 0.1) is 5.41 Å². The van der Waals surface area contributed by atoms with Gasteiger partial charge in [0.25, 0.3) is 5.91 Å². The first-order chi connectivity index (χ1) is 17.4. The van der Waals surface area contributed by atoms with Crippen molar-refractivity contribution in [2.24, 2.45) is 0 Å². The summed E-state index contributed by atoms with van der Waals surface area (Å²) in [7, 11) is 1.98. The molecule has 4 rings (SSSR count). The minimum atomic E-state index is -0.547. The number of carbonyl (C=O) groups excluding carboxylic acids is 1. The molecule has 3 heterocycles. The number of carbonyl (C=O) groups is 1. The number of rotatable bonds is 9. The molecule has 4 N–H and O–H groups in total. The van der Waals surface area contributed by atoms with E-state index in [0.717, 1.165) is 68.3 Å². The predicted molar refractivity (Wildman–Crippen MR) is 143 cm³/mol. The maximum absolute atomic E-state index is 12.9. The van der Waals surface area contributed by atoms with Crippen molar-refractivity contribution in [1.29, 1.82) is 5.41 Å². The molecule has 0 atom stereocenters. The summed E-state index contributed by atoms with van der Waals surface area (Å²) in [5.74, 6) is 0.279. The van der Waals surface area contributed by atoms with Crippen LogP contribution in [0.5, 0.6) is 0 Å². The second-order valence-electron chi connectivity index (χ2n) is 8.93. The molecule has 188 valence electrons. The van der Waals surface area contributed by atoms with Gasteiger partial charge in [-0.25, -0.2) is 4.98 Å². The van der Waals surface area contributed by atoms with Gasteiger partial charge in [-0.1, -0.05) is 13.0 Å². The number of hydrogen-bond donors (Lipinski definition) is 3. The standard InChI is InChI=1S/C27H33N7O2/c1-3-8-33(2)25-7-5-22(17-31-25)32-27(35)26(29)23-14-20(4-6-24(23)28)21-13-19(15-30-16-21)18-34-9-11-36-12-10-34/h4-7,13-17,29H,3,8-12,18,28H2,1-2H3,(H,32,35). The topological polar surface area (TPSA) is 120 Å². The molecule has 0 radical (unpaired) electrons. The van der Waals surface area contributed by atoms with Gasteiger partial charge in [0, 0.05) is 62.4 Å². The number of anilines is 3. The van der Waals surface area contributed by atoms with Gasteiger partial charge < -0.3 is 20.7 Å². The second-order valence-corrected chi connectivity index (χ2v) is 8.93. The van der Waals surface area contributed by atoms with Crippen LogP contribution in [0.15, 0.2) is 55.0 Å². The van der Waals surface area contributed by atoms with Gasteiger partial charge in [-0.05, 0) is 47.9 Å². The summed E-state index contributed by atoms with van der Waals surface area (Å²) in [5.41, 5.74) is 10.1. The summed E-state index contributed by atoms with van der Waals surface area (Å²) in [6.07, 6.45) is 6.26. The molecule has 3 aromatic rings. The maximum Gasteiger partial charge on any atom is 0.274 e. The van der Waals surface area contributed by atoms with Gasteiger partial charge >= 0.3 is 0 Å². The first-order valence-corrected chi connectivity index (χ1v) is 12.2. The molecule has 9 nitrogen and oxygen atoms in total. The summed E-state index contributed by atoms with van der Waals surface area (Å²) in [5, 5.41) is 11.3. The molecule has 1 aliphatic heterocycles. The van der Waals surface area contributed by atoms with Crippen LogP contribution in [-0.2, 0) is 16.1 Å². The Morgan fingerprint density at radius 2 is 1.94 bits per heavy atom. The zero-order valence-electron chi connectivity index (χ0n) is 20.8. The Labute approximate surface area is 211 Å². The fraction of sp³-hybridized carbons (Fsp3) is 0.333. The fourth-order valence-corrected chi connectivity index (χ4v) is 4.15. The van der Waals surface area contributed by atoms with Crippen molar-refractivity contribution in [3.63, 3.8) is 0 Å². The average molecular weight is 488 g/mol. The quantitative estimate of drug-likeness (QED) is 0.312. The Morgan fingerprint density at radius 3 is 2.67 bits per heavy atom. The van der Waals surface area contributed by atoms with E-state index in [1.165, 1.54) is 0 Å². The van der Waals surface area contributed by atoms with Crippen molar-refractivity contribution in [2.45, 2.75) is 19.9 Å². The van der Waals surface area contributed by atoms with Crippen molar-refractivity contribution in [1.82, 2.24) is 14.9 Å². The molecular formula is C27H33N7O2. The van der Waals surface area contributed by atoms with Gasteiger partial charge in [-0.3, -0.25) is 20.1 Å². The molecule has 0 spiro atoms. The number of nitrogens with one attached hydrogen (secondary N) is 2. The van der Waals surface area contributed by atoms with Crippen molar-refractivity contribution < 1.29 is 9.53 Å². The van der Waals surface area contributed by atoms with E-state index in [-0.39, 0.29) is 5.71 Å². The summed E-state index contributed by atoms with van der Waals surface area (Å²) in [6, 6.07) is 11.1. The van der Waals surface area contributed by atoms with Gasteiger partial charge in [0.05, 0.1) is 25.1 Å². The van der Waals surface area contributed by atoms with E-state index >= 15 is 0 Å². The smallest absolute Gasteiger partial charge is 0.274 e. The molecule has 36 heavy (non-hydrogen) atoms. The zero-order chi connectivity index (χ0) is 25.5. The normalized spacial score (nSPS) is 13.8. The van der Waals surface area contributed by atoms with Crippen LogP contribution >= 0.6 is 0 Å². The third kappa shape index (κ3) is 6.24. The van der Waals surface area contributed by atoms with Gasteiger partial charge in [-0.2, -0.15) is 0 Å². The number of amides is 1. The van der Waals surface area contributed by atoms with Crippen LogP contribution < -0.4 is 16.0 Å². The van der Waals surface area contributed by atoms with E-state index in [0.29, 0.717) is 16.9 Å². The Bertz CT molecular complexity index is 1210. The van der Waals surface area contributed by atoms with Gasteiger partial charge in [0.2, 0.25) is 0 Å². The van der Waals surface area contributed by atoms with E-state index in [9.17, 15) is 4.79 Å². The minimum Gasteiger partial charge on any atom is -0.398 e. The molecule has 1 aliphatic rings. The molecule has 0 unspecified atom stereocenters. The summed E-state index contributed by atoms with van der Waals surface area (Å²) in [4.78, 5) is 26.0. The molecule has 9 heteroatoms. The van der Waals surface area contributed by atoms with Crippen molar-refractivity contribution in [2.75, 3.05) is 55.8 Å². The molecule has 0 bridgehead atoms. The van der Waals surface area contributed by atoms with Crippen molar-refractivity contribution in [3.8, 4) is 11.1 Å². The number of nitrogen functional groups attached to an aromatic ring is 1. The molecule has 1 amide bonds. The van der Waals surface area contributed by atoms with Gasteiger partial charge in [0.15, 0.2) is 0 Å². The maximum atomic E-state index is 12.9. The van der Waals surface area contributed by atoms with Gasteiger partial charge in [0.1, 0.15) is 11.5 Å². The lowest BCUT2D eigenvalue weighted by molar-refractivity contribution is -0.110. The highest BCUT2D eigenvalue weighted by molar-refractivity contribution is 6.48. The number of aromatic nitrogens is 2. The molecule has 1 saturated heterocycles. The van der Waals surface area contributed by atoms with Crippen LogP contribution in [0.2, 0.25) is 0 Å². The summed E-state index contributed by atoms with van der Waals surface area (Å²) >= 11 is 0. The van der Waals surface area contributed by atoms with Gasteiger partial charge in [-0.15, -0.1) is 0 Å². The number of benzene rings is 1. The first kappa shape index (κ1) is 25.3. The number of ether oxygens (including phenoxy) is 1. The molecule has 2 aromatic heterocycles. The Kier molecular flexibility index (Phi) is 8.24.